The molecule has 0 bridgehead atoms. The molecule has 3 rings (SSSR count). The second-order valence-corrected chi connectivity index (χ2v) is 9.08. The van der Waals surface area contributed by atoms with E-state index in [9.17, 15) is 0 Å². The number of hydrogen-bond acceptors (Lipinski definition) is 3. The van der Waals surface area contributed by atoms with E-state index in [1.54, 1.807) is 0 Å². The minimum atomic E-state index is 0. The number of hydrogen-bond donors (Lipinski definition) is 2. The topological polar surface area (TPSA) is 39.7 Å². The number of nitrogens with one attached hydrogen (secondary N) is 2. The van der Waals surface area contributed by atoms with Crippen molar-refractivity contribution in [3.8, 4) is 0 Å². The van der Waals surface area contributed by atoms with Crippen LogP contribution in [0.2, 0.25) is 0 Å². The lowest BCUT2D eigenvalue weighted by atomic mass is 9.98. The Bertz CT molecular complexity index is 581. The van der Waals surface area contributed by atoms with E-state index in [2.05, 4.69) is 63.5 Å². The van der Waals surface area contributed by atoms with Gasteiger partial charge in [-0.25, -0.2) is 0 Å². The molecule has 1 unspecified atom stereocenters. The van der Waals surface area contributed by atoms with Gasteiger partial charge in [0.05, 0.1) is 0 Å². The van der Waals surface area contributed by atoms with Gasteiger partial charge in [0.2, 0.25) is 0 Å². The molecule has 2 aliphatic rings. The van der Waals surface area contributed by atoms with Crippen molar-refractivity contribution < 1.29 is 0 Å². The Labute approximate surface area is 186 Å². The normalized spacial score (nSPS) is 21.7. The van der Waals surface area contributed by atoms with Crippen LogP contribution in [-0.4, -0.2) is 48.5 Å². The maximum Gasteiger partial charge on any atom is 0.191 e. The van der Waals surface area contributed by atoms with Gasteiger partial charge in [0.15, 0.2) is 5.96 Å². The number of thioether (sulfide) groups is 1. The van der Waals surface area contributed by atoms with Crippen molar-refractivity contribution in [2.45, 2.75) is 50.9 Å². The predicted molar refractivity (Wildman–Crippen MR) is 129 cm³/mol. The number of halogens is 1. The number of rotatable bonds is 6. The fourth-order valence-electron chi connectivity index (χ4n) is 3.76. The van der Waals surface area contributed by atoms with Crippen LogP contribution in [0.15, 0.2) is 29.3 Å². The minimum absolute atomic E-state index is 0. The number of likely N-dealkylation sites (tertiary alicyclic amines) is 1. The molecule has 2 heterocycles. The molecule has 1 aromatic rings. The van der Waals surface area contributed by atoms with Crippen LogP contribution in [0.25, 0.3) is 0 Å². The lowest BCUT2D eigenvalue weighted by molar-refractivity contribution is 0.185. The Morgan fingerprint density at radius 3 is 2.56 bits per heavy atom. The summed E-state index contributed by atoms with van der Waals surface area (Å²) in [6.07, 6.45) is 5.34. The van der Waals surface area contributed by atoms with E-state index >= 15 is 0 Å². The van der Waals surface area contributed by atoms with Crippen LogP contribution in [0, 0.1) is 5.92 Å². The van der Waals surface area contributed by atoms with Gasteiger partial charge >= 0.3 is 0 Å². The maximum atomic E-state index is 4.39. The third kappa shape index (κ3) is 7.46. The highest BCUT2D eigenvalue weighted by Gasteiger charge is 2.17. The fourth-order valence-corrected chi connectivity index (χ4v) is 4.96. The summed E-state index contributed by atoms with van der Waals surface area (Å²) in [7, 11) is 1.86. The van der Waals surface area contributed by atoms with E-state index in [0.717, 1.165) is 36.8 Å². The van der Waals surface area contributed by atoms with Gasteiger partial charge < -0.3 is 10.6 Å². The second-order valence-electron chi connectivity index (χ2n) is 7.67. The summed E-state index contributed by atoms with van der Waals surface area (Å²) in [6, 6.07) is 8.83. The molecule has 1 atom stereocenters. The predicted octanol–water partition coefficient (Wildman–Crippen LogP) is 4.10. The molecule has 152 valence electrons. The number of piperidine rings is 1. The molecular formula is C21H35IN4S. The molecule has 2 N–H and O–H groups in total. The zero-order valence-corrected chi connectivity index (χ0v) is 19.9. The highest BCUT2D eigenvalue weighted by molar-refractivity contribution is 14.0. The molecule has 2 aliphatic heterocycles. The molecule has 2 saturated heterocycles. The smallest absolute Gasteiger partial charge is 0.191 e. The number of benzene rings is 1. The van der Waals surface area contributed by atoms with Gasteiger partial charge in [-0.2, -0.15) is 11.8 Å². The van der Waals surface area contributed by atoms with Crippen LogP contribution < -0.4 is 10.6 Å². The number of nitrogens with zero attached hydrogens (tertiary/aromatic N) is 2. The van der Waals surface area contributed by atoms with E-state index < -0.39 is 0 Å². The SMILES string of the molecule is CN=C(NCc1ccccc1CN1CCC(C)CC1)NCC1CCCS1.I. The summed E-state index contributed by atoms with van der Waals surface area (Å²) in [6.45, 7) is 7.74. The van der Waals surface area contributed by atoms with E-state index in [1.165, 1.54) is 55.7 Å². The Morgan fingerprint density at radius 2 is 1.89 bits per heavy atom. The van der Waals surface area contributed by atoms with Crippen molar-refractivity contribution in [1.29, 1.82) is 0 Å². The molecule has 0 aliphatic carbocycles. The first-order valence-electron chi connectivity index (χ1n) is 10.1. The second kappa shape index (κ2) is 12.2. The first-order chi connectivity index (χ1) is 12.7. The minimum Gasteiger partial charge on any atom is -0.355 e. The monoisotopic (exact) mass is 502 g/mol. The summed E-state index contributed by atoms with van der Waals surface area (Å²) >= 11 is 2.08. The lowest BCUT2D eigenvalue weighted by Crippen LogP contribution is -2.40. The molecule has 0 radical (unpaired) electrons. The van der Waals surface area contributed by atoms with Crippen LogP contribution in [0.1, 0.15) is 43.7 Å². The van der Waals surface area contributed by atoms with Crippen LogP contribution in [-0.2, 0) is 13.1 Å². The molecule has 27 heavy (non-hydrogen) atoms. The summed E-state index contributed by atoms with van der Waals surface area (Å²) in [4.78, 5) is 6.99. The Hall–Kier alpha value is -0.470. The molecule has 0 amide bonds. The van der Waals surface area contributed by atoms with E-state index in [-0.39, 0.29) is 24.0 Å². The molecular weight excluding hydrogens is 467 g/mol. The lowest BCUT2D eigenvalue weighted by Gasteiger charge is -2.30. The van der Waals surface area contributed by atoms with Crippen molar-refractivity contribution in [1.82, 2.24) is 15.5 Å². The zero-order valence-electron chi connectivity index (χ0n) is 16.7. The fraction of sp³-hybridized carbons (Fsp3) is 0.667. The van der Waals surface area contributed by atoms with Gasteiger partial charge in [-0.15, -0.1) is 24.0 Å². The maximum absolute atomic E-state index is 4.39. The average Bonchev–Trinajstić information content (AvgIpc) is 3.18. The third-order valence-corrected chi connectivity index (χ3v) is 6.98. The summed E-state index contributed by atoms with van der Waals surface area (Å²) < 4.78 is 0. The summed E-state index contributed by atoms with van der Waals surface area (Å²) in [5.74, 6) is 3.11. The highest BCUT2D eigenvalue weighted by atomic mass is 127. The van der Waals surface area contributed by atoms with Crippen molar-refractivity contribution in [3.05, 3.63) is 35.4 Å². The Morgan fingerprint density at radius 1 is 1.15 bits per heavy atom. The standard InChI is InChI=1S/C21H34N4S.HI/c1-17-9-11-25(12-10-17)16-19-7-4-3-6-18(19)14-23-21(22-2)24-15-20-8-5-13-26-20;/h3-4,6-7,17,20H,5,8-16H2,1-2H3,(H2,22,23,24);1H. The highest BCUT2D eigenvalue weighted by Crippen LogP contribution is 2.25. The summed E-state index contributed by atoms with van der Waals surface area (Å²) in [5, 5.41) is 7.74. The molecule has 0 aromatic heterocycles. The van der Waals surface area contributed by atoms with Crippen molar-refractivity contribution in [2.75, 3.05) is 32.4 Å². The van der Waals surface area contributed by atoms with Crippen LogP contribution in [0.3, 0.4) is 0 Å². The van der Waals surface area contributed by atoms with Gasteiger partial charge in [0, 0.05) is 31.9 Å². The first-order valence-corrected chi connectivity index (χ1v) is 11.1. The molecule has 0 spiro atoms. The van der Waals surface area contributed by atoms with Gasteiger partial charge in [0.1, 0.15) is 0 Å². The molecule has 0 saturated carbocycles. The van der Waals surface area contributed by atoms with E-state index in [1.807, 2.05) is 7.05 Å². The summed E-state index contributed by atoms with van der Waals surface area (Å²) in [5.41, 5.74) is 2.82. The van der Waals surface area contributed by atoms with Gasteiger partial charge in [-0.3, -0.25) is 9.89 Å². The molecule has 2 fully saturated rings. The Kier molecular flexibility index (Phi) is 10.3. The van der Waals surface area contributed by atoms with Crippen LogP contribution in [0.5, 0.6) is 0 Å². The number of guanidine groups is 1. The van der Waals surface area contributed by atoms with Gasteiger partial charge in [-0.05, 0) is 61.6 Å². The van der Waals surface area contributed by atoms with Crippen molar-refractivity contribution >= 4 is 41.7 Å². The number of aliphatic imine (C=N–C) groups is 1. The van der Waals surface area contributed by atoms with E-state index in [0.29, 0.717) is 0 Å². The van der Waals surface area contributed by atoms with Crippen LogP contribution >= 0.6 is 35.7 Å². The van der Waals surface area contributed by atoms with Crippen molar-refractivity contribution in [3.63, 3.8) is 0 Å². The average molecular weight is 503 g/mol. The largest absolute Gasteiger partial charge is 0.355 e. The third-order valence-electron chi connectivity index (χ3n) is 5.58. The van der Waals surface area contributed by atoms with E-state index in [4.69, 9.17) is 0 Å². The molecule has 6 heteroatoms. The van der Waals surface area contributed by atoms with Crippen LogP contribution in [0.4, 0.5) is 0 Å². The Balaban J connectivity index is 0.00000261. The zero-order chi connectivity index (χ0) is 18.2. The van der Waals surface area contributed by atoms with Crippen molar-refractivity contribution in [2.24, 2.45) is 10.9 Å². The quantitative estimate of drug-likeness (QED) is 0.349. The molecule has 4 nitrogen and oxygen atoms in total. The van der Waals surface area contributed by atoms with Gasteiger partial charge in [0.25, 0.3) is 0 Å². The first kappa shape index (κ1) is 22.8. The molecule has 1 aromatic carbocycles. The van der Waals surface area contributed by atoms with Gasteiger partial charge in [-0.1, -0.05) is 31.2 Å².